The van der Waals surface area contributed by atoms with Crippen LogP contribution in [-0.2, 0) is 65.4 Å². The van der Waals surface area contributed by atoms with Crippen molar-refractivity contribution in [1.29, 1.82) is 0 Å². The highest BCUT2D eigenvalue weighted by Crippen LogP contribution is 2.45. The lowest BCUT2D eigenvalue weighted by molar-refractivity contribution is -0.161. The van der Waals surface area contributed by atoms with Crippen molar-refractivity contribution in [2.75, 3.05) is 39.6 Å². The summed E-state index contributed by atoms with van der Waals surface area (Å²) in [5, 5.41) is 10.6. The molecule has 3 N–H and O–H groups in total. The Morgan fingerprint density at radius 2 is 0.505 bits per heavy atom. The summed E-state index contributed by atoms with van der Waals surface area (Å²) in [5.74, 6) is 0.0776. The van der Waals surface area contributed by atoms with Gasteiger partial charge in [-0.1, -0.05) is 312 Å². The zero-order valence-corrected chi connectivity index (χ0v) is 61.1. The Hall–Kier alpha value is -1.94. The van der Waals surface area contributed by atoms with Crippen LogP contribution in [0.1, 0.15) is 363 Å². The number of hydrogen-bond acceptors (Lipinski definition) is 15. The molecular formula is C72H140O17P2. The normalized spacial score (nSPS) is 14.2. The van der Waals surface area contributed by atoms with Crippen molar-refractivity contribution in [2.24, 2.45) is 17.8 Å². The van der Waals surface area contributed by atoms with Gasteiger partial charge in [-0.2, -0.15) is 0 Å². The van der Waals surface area contributed by atoms with Gasteiger partial charge in [-0.25, -0.2) is 9.13 Å². The molecule has 0 aromatic rings. The van der Waals surface area contributed by atoms with Gasteiger partial charge in [-0.3, -0.25) is 37.3 Å². The van der Waals surface area contributed by atoms with Gasteiger partial charge in [-0.05, 0) is 43.4 Å². The molecule has 2 unspecified atom stereocenters. The quantitative estimate of drug-likeness (QED) is 0.0222. The van der Waals surface area contributed by atoms with E-state index in [2.05, 4.69) is 48.5 Å². The van der Waals surface area contributed by atoms with Crippen LogP contribution in [0.25, 0.3) is 0 Å². The first kappa shape index (κ1) is 89.1. The fraction of sp³-hybridized carbons (Fsp3) is 0.944. The van der Waals surface area contributed by atoms with Crippen LogP contribution in [0.2, 0.25) is 0 Å². The Morgan fingerprint density at radius 1 is 0.297 bits per heavy atom. The molecule has 0 bridgehead atoms. The van der Waals surface area contributed by atoms with Crippen molar-refractivity contribution in [2.45, 2.75) is 381 Å². The Morgan fingerprint density at radius 3 is 0.747 bits per heavy atom. The summed E-state index contributed by atoms with van der Waals surface area (Å²) in [4.78, 5) is 72.6. The van der Waals surface area contributed by atoms with Gasteiger partial charge in [0.2, 0.25) is 0 Å². The number of rotatable bonds is 70. The maximum Gasteiger partial charge on any atom is 0.472 e. The van der Waals surface area contributed by atoms with Gasteiger partial charge in [0.15, 0.2) is 12.2 Å². The zero-order chi connectivity index (χ0) is 67.3. The number of ether oxygens (including phenoxy) is 4. The van der Waals surface area contributed by atoms with Gasteiger partial charge >= 0.3 is 39.5 Å². The molecule has 0 aliphatic carbocycles. The molecule has 0 radical (unpaired) electrons. The second-order valence-electron chi connectivity index (χ2n) is 27.4. The second kappa shape index (κ2) is 62.8. The largest absolute Gasteiger partial charge is 0.472 e. The molecule has 0 aliphatic rings. The molecule has 0 amide bonds. The first-order chi connectivity index (χ1) is 43.7. The topological polar surface area (TPSA) is 237 Å². The third-order valence-corrected chi connectivity index (χ3v) is 18.5. The summed E-state index contributed by atoms with van der Waals surface area (Å²) in [5.41, 5.74) is 0. The number of aliphatic hydroxyl groups excluding tert-OH is 1. The molecule has 0 aliphatic heterocycles. The van der Waals surface area contributed by atoms with Gasteiger partial charge in [0.25, 0.3) is 0 Å². The number of aliphatic hydroxyl groups is 1. The van der Waals surface area contributed by atoms with E-state index in [0.717, 1.165) is 108 Å². The predicted molar refractivity (Wildman–Crippen MR) is 368 cm³/mol. The van der Waals surface area contributed by atoms with Gasteiger partial charge < -0.3 is 33.8 Å². The van der Waals surface area contributed by atoms with Crippen molar-refractivity contribution in [3.05, 3.63) is 0 Å². The van der Waals surface area contributed by atoms with Crippen LogP contribution >= 0.6 is 15.6 Å². The monoisotopic (exact) mass is 1340 g/mol. The van der Waals surface area contributed by atoms with Crippen molar-refractivity contribution in [3.63, 3.8) is 0 Å². The van der Waals surface area contributed by atoms with Crippen LogP contribution in [0.4, 0.5) is 0 Å². The average Bonchev–Trinajstić information content (AvgIpc) is 2.66. The molecule has 19 heteroatoms. The molecule has 0 aromatic carbocycles. The lowest BCUT2D eigenvalue weighted by Crippen LogP contribution is -2.30. The standard InChI is InChI=1S/C72H140O17P2/c1-8-9-10-11-12-13-14-15-18-21-26-31-39-46-53-69(74)82-59-67(88-71(76)55-48-41-32-27-22-19-16-17-20-24-29-36-43-50-63(2)3)61-86-90(78,79)84-57-66(73)58-85-91(80,81)87-62-68(60-83-70(75)54-47-40-35-34-38-45-52-65(6)7)89-72(77)56-49-42-33-28-23-25-30-37-44-51-64(4)5/h63-68,73H,8-62H2,1-7H3,(H,78,79)(H,80,81)/t66-,67-,68-/m1/s1. The number of carbonyl (C=O) groups is 4. The second-order valence-corrected chi connectivity index (χ2v) is 30.3. The zero-order valence-electron chi connectivity index (χ0n) is 59.3. The third-order valence-electron chi connectivity index (χ3n) is 16.6. The molecule has 0 saturated heterocycles. The number of hydrogen-bond donors (Lipinski definition) is 3. The highest BCUT2D eigenvalue weighted by Gasteiger charge is 2.30. The van der Waals surface area contributed by atoms with Crippen LogP contribution in [0.5, 0.6) is 0 Å². The van der Waals surface area contributed by atoms with Crippen LogP contribution in [0.15, 0.2) is 0 Å². The van der Waals surface area contributed by atoms with Crippen LogP contribution < -0.4 is 0 Å². The minimum atomic E-state index is -4.95. The summed E-state index contributed by atoms with van der Waals surface area (Å²) >= 11 is 0. The summed E-state index contributed by atoms with van der Waals surface area (Å²) < 4.78 is 68.3. The highest BCUT2D eigenvalue weighted by molar-refractivity contribution is 7.47. The molecule has 17 nitrogen and oxygen atoms in total. The number of phosphoric acid groups is 2. The fourth-order valence-electron chi connectivity index (χ4n) is 10.9. The third kappa shape index (κ3) is 66.5. The number of esters is 4. The molecule has 0 saturated carbocycles. The van der Waals surface area contributed by atoms with Gasteiger partial charge in [-0.15, -0.1) is 0 Å². The molecular weight excluding hydrogens is 1200 g/mol. The molecule has 5 atom stereocenters. The number of unbranched alkanes of at least 4 members (excludes halogenated alkanes) is 38. The molecule has 540 valence electrons. The molecule has 0 heterocycles. The Labute approximate surface area is 556 Å². The summed E-state index contributed by atoms with van der Waals surface area (Å²) in [6.45, 7) is 11.8. The maximum atomic E-state index is 13.0. The van der Waals surface area contributed by atoms with Crippen molar-refractivity contribution < 1.29 is 80.2 Å². The minimum absolute atomic E-state index is 0.104. The SMILES string of the molecule is CCCCCCCCCCCCCCCCC(=O)OC[C@H](COP(=O)(O)OC[C@@H](O)COP(=O)(O)OC[C@@H](COC(=O)CCCCCCCCC(C)C)OC(=O)CCCCCCCCCCCC(C)C)OC(=O)CCCCCCCCCCCCCCCC(C)C. The van der Waals surface area contributed by atoms with E-state index < -0.39 is 97.5 Å². The van der Waals surface area contributed by atoms with Crippen LogP contribution in [0, 0.1) is 17.8 Å². The molecule has 0 rings (SSSR count). The van der Waals surface area contributed by atoms with Crippen LogP contribution in [-0.4, -0.2) is 96.7 Å². The first-order valence-corrected chi connectivity index (χ1v) is 40.3. The predicted octanol–water partition coefficient (Wildman–Crippen LogP) is 20.6. The van der Waals surface area contributed by atoms with E-state index in [1.165, 1.54) is 167 Å². The van der Waals surface area contributed by atoms with Crippen molar-refractivity contribution in [1.82, 2.24) is 0 Å². The van der Waals surface area contributed by atoms with Crippen molar-refractivity contribution in [3.8, 4) is 0 Å². The first-order valence-electron chi connectivity index (χ1n) is 37.3. The molecule has 91 heavy (non-hydrogen) atoms. The van der Waals surface area contributed by atoms with E-state index in [1.807, 2.05) is 0 Å². The lowest BCUT2D eigenvalue weighted by atomic mass is 10.0. The number of phosphoric ester groups is 2. The minimum Gasteiger partial charge on any atom is -0.462 e. The molecule has 0 spiro atoms. The van der Waals surface area contributed by atoms with Crippen molar-refractivity contribution >= 4 is 39.5 Å². The van der Waals surface area contributed by atoms with E-state index in [-0.39, 0.29) is 25.7 Å². The maximum absolute atomic E-state index is 13.0. The Bertz CT molecular complexity index is 1780. The Balaban J connectivity index is 5.24. The molecule has 0 aromatic heterocycles. The van der Waals surface area contributed by atoms with Gasteiger partial charge in [0.05, 0.1) is 26.4 Å². The van der Waals surface area contributed by atoms with E-state index in [0.29, 0.717) is 31.6 Å². The fourth-order valence-corrected chi connectivity index (χ4v) is 12.5. The van der Waals surface area contributed by atoms with Gasteiger partial charge in [0, 0.05) is 25.7 Å². The van der Waals surface area contributed by atoms with E-state index in [4.69, 9.17) is 37.0 Å². The summed E-state index contributed by atoms with van der Waals surface area (Å²) in [6, 6.07) is 0. The molecule has 0 fully saturated rings. The lowest BCUT2D eigenvalue weighted by Gasteiger charge is -2.21. The Kier molecular flexibility index (Phi) is 61.5. The highest BCUT2D eigenvalue weighted by atomic mass is 31.2. The van der Waals surface area contributed by atoms with E-state index >= 15 is 0 Å². The van der Waals surface area contributed by atoms with Gasteiger partial charge in [0.1, 0.15) is 19.3 Å². The van der Waals surface area contributed by atoms with E-state index in [9.17, 15) is 43.2 Å². The van der Waals surface area contributed by atoms with Crippen LogP contribution in [0.3, 0.4) is 0 Å². The average molecular weight is 1340 g/mol. The van der Waals surface area contributed by atoms with E-state index in [1.54, 1.807) is 0 Å². The smallest absolute Gasteiger partial charge is 0.462 e. The summed E-state index contributed by atoms with van der Waals surface area (Å²) in [7, 11) is -9.90. The summed E-state index contributed by atoms with van der Waals surface area (Å²) in [6.07, 6.45) is 47.3. The number of carbonyl (C=O) groups excluding carboxylic acids is 4.